The summed E-state index contributed by atoms with van der Waals surface area (Å²) in [4.78, 5) is 0.980. The zero-order chi connectivity index (χ0) is 21.3. The van der Waals surface area contributed by atoms with Crippen molar-refractivity contribution in [3.05, 3.63) is 84.4 Å². The fourth-order valence-corrected chi connectivity index (χ4v) is 3.69. The largest absolute Gasteiger partial charge is 0.497 e. The third-order valence-electron chi connectivity index (χ3n) is 4.80. The number of hydrogen-bond acceptors (Lipinski definition) is 2. The van der Waals surface area contributed by atoms with E-state index in [9.17, 15) is 8.78 Å². The fourth-order valence-electron chi connectivity index (χ4n) is 3.42. The third kappa shape index (κ3) is 4.00. The van der Waals surface area contributed by atoms with Crippen LogP contribution in [0, 0.1) is 6.92 Å². The monoisotopic (exact) mass is 468 g/mol. The molecule has 3 nitrogen and oxygen atoms in total. The Morgan fingerprint density at radius 3 is 2.37 bits per heavy atom. The van der Waals surface area contributed by atoms with E-state index >= 15 is 0 Å². The first-order valence-electron chi connectivity index (χ1n) is 9.34. The van der Waals surface area contributed by atoms with E-state index in [0.717, 1.165) is 16.5 Å². The van der Waals surface area contributed by atoms with E-state index in [0.29, 0.717) is 22.6 Å². The van der Waals surface area contributed by atoms with Crippen LogP contribution in [0.1, 0.15) is 5.56 Å². The van der Waals surface area contributed by atoms with Crippen molar-refractivity contribution in [2.24, 2.45) is 4.99 Å². The predicted molar refractivity (Wildman–Crippen MR) is 121 cm³/mol. The highest BCUT2D eigenvalue weighted by Crippen LogP contribution is 2.35. The topological polar surface area (TPSA) is 26.5 Å². The van der Waals surface area contributed by atoms with E-state index in [1.54, 1.807) is 31.4 Å². The molecular formula is C24H19BrF2N2O. The Bertz CT molecular complexity index is 1220. The highest BCUT2D eigenvalue weighted by atomic mass is 79.9. The summed E-state index contributed by atoms with van der Waals surface area (Å²) in [7, 11) is 1.55. The van der Waals surface area contributed by atoms with Crippen LogP contribution in [0.2, 0.25) is 0 Å². The van der Waals surface area contributed by atoms with Gasteiger partial charge < -0.3 is 4.74 Å². The van der Waals surface area contributed by atoms with E-state index < -0.39 is 10.7 Å². The molecule has 0 aliphatic heterocycles. The zero-order valence-corrected chi connectivity index (χ0v) is 18.0. The van der Waals surface area contributed by atoms with Crippen LogP contribution < -0.4 is 4.74 Å². The lowest BCUT2D eigenvalue weighted by molar-refractivity contribution is 0.189. The van der Waals surface area contributed by atoms with Gasteiger partial charge in [-0.25, -0.2) is 4.99 Å². The van der Waals surface area contributed by atoms with Gasteiger partial charge in [0.15, 0.2) is 5.84 Å². The normalized spacial score (nSPS) is 12.4. The van der Waals surface area contributed by atoms with Crippen LogP contribution in [0.15, 0.2) is 83.9 Å². The number of halogens is 3. The molecule has 0 radical (unpaired) electrons. The third-order valence-corrected chi connectivity index (χ3v) is 5.15. The first kappa shape index (κ1) is 20.3. The molecule has 3 aromatic carbocycles. The average Bonchev–Trinajstić information content (AvgIpc) is 3.11. The lowest BCUT2D eigenvalue weighted by Gasteiger charge is -2.18. The van der Waals surface area contributed by atoms with Crippen molar-refractivity contribution in [3.63, 3.8) is 0 Å². The summed E-state index contributed by atoms with van der Waals surface area (Å²) < 4.78 is 36.3. The maximum absolute atomic E-state index is 14.8. The number of alkyl halides is 3. The average molecular weight is 469 g/mol. The van der Waals surface area contributed by atoms with Crippen LogP contribution in [0.3, 0.4) is 0 Å². The Hall–Kier alpha value is -2.99. The minimum absolute atomic E-state index is 0.401. The molecule has 0 fully saturated rings. The number of hydrogen-bond donors (Lipinski definition) is 0. The molecule has 0 unspecified atom stereocenters. The Balaban J connectivity index is 1.99. The predicted octanol–water partition coefficient (Wildman–Crippen LogP) is 7.19. The van der Waals surface area contributed by atoms with Gasteiger partial charge in [-0.05, 0) is 70.9 Å². The molecule has 0 aliphatic rings. The summed E-state index contributed by atoms with van der Waals surface area (Å²) in [5.41, 5.74) is 3.58. The lowest BCUT2D eigenvalue weighted by Crippen LogP contribution is -2.29. The number of aromatic nitrogens is 1. The lowest BCUT2D eigenvalue weighted by atomic mass is 10.1. The van der Waals surface area contributed by atoms with Gasteiger partial charge in [0.2, 0.25) is 0 Å². The molecule has 4 rings (SSSR count). The molecule has 0 saturated carbocycles. The van der Waals surface area contributed by atoms with E-state index in [4.69, 9.17) is 4.74 Å². The van der Waals surface area contributed by atoms with Gasteiger partial charge in [0.05, 0.1) is 24.0 Å². The van der Waals surface area contributed by atoms with Crippen molar-refractivity contribution >= 4 is 38.4 Å². The van der Waals surface area contributed by atoms with E-state index in [1.807, 2.05) is 61.5 Å². The first-order valence-corrected chi connectivity index (χ1v) is 10.1. The van der Waals surface area contributed by atoms with Crippen LogP contribution >= 0.6 is 15.9 Å². The molecule has 0 atom stereocenters. The Morgan fingerprint density at radius 2 is 1.70 bits per heavy atom. The van der Waals surface area contributed by atoms with Crippen molar-refractivity contribution in [3.8, 4) is 17.0 Å². The van der Waals surface area contributed by atoms with Gasteiger partial charge in [-0.1, -0.05) is 42.0 Å². The molecule has 1 heterocycles. The van der Waals surface area contributed by atoms with Crippen LogP contribution in [0.4, 0.5) is 14.5 Å². The molecular weight excluding hydrogens is 450 g/mol. The van der Waals surface area contributed by atoms with Gasteiger partial charge in [-0.3, -0.25) is 4.57 Å². The number of ether oxygens (including phenoxy) is 1. The minimum atomic E-state index is -3.35. The summed E-state index contributed by atoms with van der Waals surface area (Å²) >= 11 is 2.55. The quantitative estimate of drug-likeness (QED) is 0.177. The van der Waals surface area contributed by atoms with Gasteiger partial charge in [0.1, 0.15) is 5.75 Å². The van der Waals surface area contributed by atoms with Crippen LogP contribution in [-0.2, 0) is 0 Å². The number of fused-ring (bicyclic) bond motifs is 1. The molecule has 0 spiro atoms. The maximum atomic E-state index is 14.8. The Labute approximate surface area is 181 Å². The Morgan fingerprint density at radius 1 is 0.967 bits per heavy atom. The molecule has 0 saturated heterocycles. The number of benzene rings is 3. The summed E-state index contributed by atoms with van der Waals surface area (Å²) in [6.07, 6.45) is 0. The van der Waals surface area contributed by atoms with E-state index in [1.165, 1.54) is 4.57 Å². The molecule has 0 N–H and O–H groups in total. The van der Waals surface area contributed by atoms with Crippen molar-refractivity contribution in [2.75, 3.05) is 7.11 Å². The molecule has 4 aromatic rings. The molecule has 30 heavy (non-hydrogen) atoms. The van der Waals surface area contributed by atoms with Gasteiger partial charge in [-0.15, -0.1) is 0 Å². The second-order valence-corrected chi connectivity index (χ2v) is 7.92. The van der Waals surface area contributed by atoms with Gasteiger partial charge in [-0.2, -0.15) is 8.78 Å². The van der Waals surface area contributed by atoms with Crippen LogP contribution in [0.5, 0.6) is 5.75 Å². The Kier molecular flexibility index (Phi) is 5.43. The molecule has 152 valence electrons. The summed E-state index contributed by atoms with van der Waals surface area (Å²) in [5, 5.41) is 0.855. The van der Waals surface area contributed by atoms with Gasteiger partial charge in [0.25, 0.3) is 0 Å². The smallest absolute Gasteiger partial charge is 0.358 e. The highest BCUT2D eigenvalue weighted by Gasteiger charge is 2.36. The van der Waals surface area contributed by atoms with Crippen molar-refractivity contribution in [2.45, 2.75) is 11.8 Å². The molecule has 6 heteroatoms. The standard InChI is InChI=1S/C24H19BrF2N2O/c1-16-6-5-8-17(14-16)22-15-18-7-3-4-9-21(18)29(22)23(24(25,26)27)28-19-10-12-20(30-2)13-11-19/h3-15H,1-2H3. The second kappa shape index (κ2) is 8.03. The minimum Gasteiger partial charge on any atom is -0.497 e. The molecule has 0 amide bonds. The SMILES string of the molecule is COc1ccc(N=C(n2c(-c3cccc(C)c3)cc3ccccc32)C(F)(F)Br)cc1. The van der Waals surface area contributed by atoms with E-state index in [-0.39, 0.29) is 0 Å². The summed E-state index contributed by atoms with van der Waals surface area (Å²) in [6, 6.07) is 23.8. The highest BCUT2D eigenvalue weighted by molar-refractivity contribution is 9.10. The number of methoxy groups -OCH3 is 1. The van der Waals surface area contributed by atoms with Gasteiger partial charge in [0, 0.05) is 5.39 Å². The molecule has 0 aliphatic carbocycles. The summed E-state index contributed by atoms with van der Waals surface area (Å²) in [6.45, 7) is 1.97. The number of para-hydroxylation sites is 1. The molecule has 1 aromatic heterocycles. The second-order valence-electron chi connectivity index (χ2n) is 6.92. The number of aliphatic imine (C=N–C) groups is 1. The first-order chi connectivity index (χ1) is 14.4. The maximum Gasteiger partial charge on any atom is 0.358 e. The van der Waals surface area contributed by atoms with Gasteiger partial charge >= 0.3 is 4.83 Å². The van der Waals surface area contributed by atoms with Crippen LogP contribution in [0.25, 0.3) is 22.2 Å². The fraction of sp³-hybridized carbons (Fsp3) is 0.125. The van der Waals surface area contributed by atoms with Crippen LogP contribution in [-0.4, -0.2) is 22.3 Å². The summed E-state index contributed by atoms with van der Waals surface area (Å²) in [5.74, 6) is 0.221. The number of rotatable bonds is 4. The van der Waals surface area contributed by atoms with Crippen molar-refractivity contribution in [1.82, 2.24) is 4.57 Å². The zero-order valence-electron chi connectivity index (χ0n) is 16.4. The van der Waals surface area contributed by atoms with E-state index in [2.05, 4.69) is 20.9 Å². The van der Waals surface area contributed by atoms with Crippen molar-refractivity contribution < 1.29 is 13.5 Å². The molecule has 0 bridgehead atoms. The number of aryl methyl sites for hydroxylation is 1. The number of nitrogens with zero attached hydrogens (tertiary/aromatic N) is 2. The van der Waals surface area contributed by atoms with Crippen molar-refractivity contribution in [1.29, 1.82) is 0 Å².